The van der Waals surface area contributed by atoms with Gasteiger partial charge in [-0.15, -0.1) is 0 Å². The third kappa shape index (κ3) is 3.08. The molecule has 0 aromatic heterocycles. The quantitative estimate of drug-likeness (QED) is 0.667. The molecule has 15 heavy (non-hydrogen) atoms. The lowest BCUT2D eigenvalue weighted by atomic mass is 10.2. The molecule has 0 aromatic rings. The zero-order chi connectivity index (χ0) is 11.6. The van der Waals surface area contributed by atoms with Crippen LogP contribution in [-0.2, 0) is 4.74 Å². The summed E-state index contributed by atoms with van der Waals surface area (Å²) in [4.78, 5) is 11.7. The fraction of sp³-hybridized carbons (Fsp3) is 0.636. The van der Waals surface area contributed by atoms with Gasteiger partial charge in [0.25, 0.3) is 0 Å². The number of hydrazone groups is 1. The number of hydrogen-bond acceptors (Lipinski definition) is 3. The predicted molar refractivity (Wildman–Crippen MR) is 59.8 cm³/mol. The number of ether oxygens (including phenoxy) is 1. The zero-order valence-electron chi connectivity index (χ0n) is 9.78. The van der Waals surface area contributed by atoms with Gasteiger partial charge in [0.15, 0.2) is 0 Å². The molecule has 1 rings (SSSR count). The van der Waals surface area contributed by atoms with Crippen LogP contribution in [0.1, 0.15) is 34.1 Å². The molecule has 1 atom stereocenters. The molecule has 1 aliphatic rings. The van der Waals surface area contributed by atoms with E-state index in [0.717, 1.165) is 12.1 Å². The number of hydrogen-bond donors (Lipinski definition) is 0. The van der Waals surface area contributed by atoms with Gasteiger partial charge in [-0.2, -0.15) is 10.1 Å². The average molecular weight is 210 g/mol. The Morgan fingerprint density at radius 1 is 1.67 bits per heavy atom. The first kappa shape index (κ1) is 11.8. The third-order valence-corrected chi connectivity index (χ3v) is 1.97. The van der Waals surface area contributed by atoms with Gasteiger partial charge in [-0.05, 0) is 33.8 Å². The van der Waals surface area contributed by atoms with E-state index in [1.807, 2.05) is 27.7 Å². The van der Waals surface area contributed by atoms with E-state index in [2.05, 4.69) is 11.7 Å². The fourth-order valence-electron chi connectivity index (χ4n) is 1.32. The molecule has 0 saturated carbocycles. The van der Waals surface area contributed by atoms with Crippen molar-refractivity contribution < 1.29 is 9.53 Å². The van der Waals surface area contributed by atoms with Gasteiger partial charge in [0.2, 0.25) is 0 Å². The molecule has 1 amide bonds. The topological polar surface area (TPSA) is 41.9 Å². The minimum Gasteiger partial charge on any atom is -0.442 e. The van der Waals surface area contributed by atoms with Crippen LogP contribution in [0.4, 0.5) is 4.79 Å². The van der Waals surface area contributed by atoms with Crippen molar-refractivity contribution in [1.82, 2.24) is 5.01 Å². The van der Waals surface area contributed by atoms with Gasteiger partial charge in [0.05, 0.1) is 11.8 Å². The Hall–Kier alpha value is -1.32. The standard InChI is InChI=1S/C11H18N2O2/c1-6-9-7-8(2)13(12-9)10(14)15-11(3,4)5/h6,8H,1,7H2,2-5H3. The third-order valence-electron chi connectivity index (χ3n) is 1.97. The van der Waals surface area contributed by atoms with E-state index in [9.17, 15) is 4.79 Å². The predicted octanol–water partition coefficient (Wildman–Crippen LogP) is 2.56. The summed E-state index contributed by atoms with van der Waals surface area (Å²) in [6.07, 6.45) is 2.01. The van der Waals surface area contributed by atoms with Crippen LogP contribution in [0, 0.1) is 0 Å². The van der Waals surface area contributed by atoms with Crippen molar-refractivity contribution in [3.8, 4) is 0 Å². The Balaban J connectivity index is 2.68. The largest absolute Gasteiger partial charge is 0.442 e. The number of carbonyl (C=O) groups is 1. The Bertz CT molecular complexity index is 302. The first-order valence-corrected chi connectivity index (χ1v) is 5.05. The van der Waals surface area contributed by atoms with E-state index in [1.54, 1.807) is 6.08 Å². The van der Waals surface area contributed by atoms with Crippen molar-refractivity contribution in [3.63, 3.8) is 0 Å². The smallest absolute Gasteiger partial charge is 0.431 e. The second kappa shape index (κ2) is 4.04. The van der Waals surface area contributed by atoms with Gasteiger partial charge in [-0.3, -0.25) is 0 Å². The second-order valence-electron chi connectivity index (χ2n) is 4.67. The molecule has 0 aliphatic carbocycles. The highest BCUT2D eigenvalue weighted by atomic mass is 16.6. The van der Waals surface area contributed by atoms with Crippen LogP contribution < -0.4 is 0 Å². The lowest BCUT2D eigenvalue weighted by Crippen LogP contribution is -2.36. The summed E-state index contributed by atoms with van der Waals surface area (Å²) in [5, 5.41) is 5.51. The Kier molecular flexibility index (Phi) is 3.17. The molecule has 0 radical (unpaired) electrons. The highest BCUT2D eigenvalue weighted by molar-refractivity contribution is 5.97. The first-order chi connectivity index (χ1) is 6.83. The van der Waals surface area contributed by atoms with Crippen molar-refractivity contribution >= 4 is 11.8 Å². The maximum absolute atomic E-state index is 11.7. The maximum Gasteiger partial charge on any atom is 0.431 e. The van der Waals surface area contributed by atoms with Crippen LogP contribution >= 0.6 is 0 Å². The molecule has 1 aliphatic heterocycles. The van der Waals surface area contributed by atoms with Crippen LogP contribution in [-0.4, -0.2) is 28.5 Å². The average Bonchev–Trinajstić information content (AvgIpc) is 2.43. The number of allylic oxidation sites excluding steroid dienone is 1. The summed E-state index contributed by atoms with van der Waals surface area (Å²) in [5.74, 6) is 0. The number of amides is 1. The van der Waals surface area contributed by atoms with Crippen molar-refractivity contribution in [2.24, 2.45) is 5.10 Å². The van der Waals surface area contributed by atoms with E-state index in [4.69, 9.17) is 4.74 Å². The van der Waals surface area contributed by atoms with Gasteiger partial charge < -0.3 is 4.74 Å². The van der Waals surface area contributed by atoms with E-state index in [0.29, 0.717) is 0 Å². The molecule has 0 bridgehead atoms. The molecule has 1 heterocycles. The zero-order valence-corrected chi connectivity index (χ0v) is 9.78. The van der Waals surface area contributed by atoms with Crippen LogP contribution in [0.15, 0.2) is 17.8 Å². The van der Waals surface area contributed by atoms with Crippen LogP contribution in [0.2, 0.25) is 0 Å². The van der Waals surface area contributed by atoms with Gasteiger partial charge in [-0.1, -0.05) is 6.58 Å². The Morgan fingerprint density at radius 2 is 2.27 bits per heavy atom. The Morgan fingerprint density at radius 3 is 2.67 bits per heavy atom. The van der Waals surface area contributed by atoms with E-state index in [1.165, 1.54) is 5.01 Å². The van der Waals surface area contributed by atoms with Gasteiger partial charge in [0, 0.05) is 6.42 Å². The molecular formula is C11H18N2O2. The molecule has 4 nitrogen and oxygen atoms in total. The number of nitrogens with zero attached hydrogens (tertiary/aromatic N) is 2. The molecule has 0 spiro atoms. The molecule has 0 N–H and O–H groups in total. The molecular weight excluding hydrogens is 192 g/mol. The Labute approximate surface area is 90.6 Å². The molecule has 0 saturated heterocycles. The van der Waals surface area contributed by atoms with Crippen molar-refractivity contribution in [2.45, 2.75) is 45.8 Å². The lowest BCUT2D eigenvalue weighted by molar-refractivity contribution is 0.0212. The van der Waals surface area contributed by atoms with Gasteiger partial charge in [0.1, 0.15) is 5.60 Å². The second-order valence-corrected chi connectivity index (χ2v) is 4.67. The highest BCUT2D eigenvalue weighted by Gasteiger charge is 2.30. The first-order valence-electron chi connectivity index (χ1n) is 5.05. The van der Waals surface area contributed by atoms with Crippen molar-refractivity contribution in [1.29, 1.82) is 0 Å². The lowest BCUT2D eigenvalue weighted by Gasteiger charge is -2.24. The number of rotatable bonds is 1. The summed E-state index contributed by atoms with van der Waals surface area (Å²) in [6.45, 7) is 11.1. The molecule has 0 aromatic carbocycles. The van der Waals surface area contributed by atoms with Crippen molar-refractivity contribution in [3.05, 3.63) is 12.7 Å². The molecule has 4 heteroatoms. The SMILES string of the molecule is C=CC1=NN(C(=O)OC(C)(C)C)C(C)C1. The highest BCUT2D eigenvalue weighted by Crippen LogP contribution is 2.19. The maximum atomic E-state index is 11.7. The fourth-order valence-corrected chi connectivity index (χ4v) is 1.32. The minimum atomic E-state index is -0.483. The normalized spacial score (nSPS) is 21.2. The van der Waals surface area contributed by atoms with Gasteiger partial charge in [-0.25, -0.2) is 4.79 Å². The monoisotopic (exact) mass is 210 g/mol. The molecule has 0 fully saturated rings. The van der Waals surface area contributed by atoms with Crippen LogP contribution in [0.5, 0.6) is 0 Å². The summed E-state index contributed by atoms with van der Waals surface area (Å²) in [6, 6.07) is 0.0489. The number of carbonyl (C=O) groups excluding carboxylic acids is 1. The van der Waals surface area contributed by atoms with Gasteiger partial charge >= 0.3 is 6.09 Å². The summed E-state index contributed by atoms with van der Waals surface area (Å²) < 4.78 is 5.23. The van der Waals surface area contributed by atoms with Crippen molar-refractivity contribution in [2.75, 3.05) is 0 Å². The van der Waals surface area contributed by atoms with E-state index < -0.39 is 11.7 Å². The molecule has 84 valence electrons. The van der Waals surface area contributed by atoms with E-state index in [-0.39, 0.29) is 6.04 Å². The summed E-state index contributed by atoms with van der Waals surface area (Å²) in [5.41, 5.74) is 0.344. The molecule has 1 unspecified atom stereocenters. The van der Waals surface area contributed by atoms with Crippen LogP contribution in [0.3, 0.4) is 0 Å². The summed E-state index contributed by atoms with van der Waals surface area (Å²) in [7, 11) is 0. The van der Waals surface area contributed by atoms with Crippen LogP contribution in [0.25, 0.3) is 0 Å². The van der Waals surface area contributed by atoms with E-state index >= 15 is 0 Å². The summed E-state index contributed by atoms with van der Waals surface area (Å²) >= 11 is 0. The minimum absolute atomic E-state index is 0.0489.